The molecule has 7 nitrogen and oxygen atoms in total. The fourth-order valence-electron chi connectivity index (χ4n) is 3.11. The normalized spacial score (nSPS) is 18.7. The van der Waals surface area contributed by atoms with Gasteiger partial charge in [0.05, 0.1) is 5.69 Å². The molecule has 1 N–H and O–H groups in total. The lowest BCUT2D eigenvalue weighted by Crippen LogP contribution is -2.47. The number of hydrogen-bond acceptors (Lipinski definition) is 4. The molecule has 1 aromatic carbocycles. The molecule has 0 aromatic heterocycles. The summed E-state index contributed by atoms with van der Waals surface area (Å²) in [6, 6.07) is 9.22. The number of nitrogens with zero attached hydrogens (tertiary/aromatic N) is 3. The van der Waals surface area contributed by atoms with Crippen LogP contribution in [0.5, 0.6) is 0 Å². The number of amides is 1. The van der Waals surface area contributed by atoms with Crippen LogP contribution in [0.4, 0.5) is 5.69 Å². The summed E-state index contributed by atoms with van der Waals surface area (Å²) in [5, 5.41) is 2.86. The Morgan fingerprint density at radius 2 is 1.92 bits per heavy atom. The number of likely N-dealkylation sites (tertiary alicyclic amines) is 1. The van der Waals surface area contributed by atoms with E-state index in [2.05, 4.69) is 17.1 Å². The fraction of sp³-hybridized carbons (Fsp3) is 0.611. The van der Waals surface area contributed by atoms with Crippen molar-refractivity contribution in [1.82, 2.24) is 14.5 Å². The van der Waals surface area contributed by atoms with Crippen LogP contribution in [-0.2, 0) is 15.0 Å². The SMILES string of the molecule is C[C@H]1CCCCN1CCNC(=O)CN(c1ccccc1)S(=O)(=O)N(C)C. The molecule has 8 heteroatoms. The summed E-state index contributed by atoms with van der Waals surface area (Å²) >= 11 is 0. The van der Waals surface area contributed by atoms with Crippen LogP contribution in [0.3, 0.4) is 0 Å². The maximum Gasteiger partial charge on any atom is 0.304 e. The average Bonchev–Trinajstić information content (AvgIpc) is 2.62. The first-order valence-corrected chi connectivity index (χ1v) is 10.5. The molecule has 0 unspecified atom stereocenters. The summed E-state index contributed by atoms with van der Waals surface area (Å²) < 4.78 is 27.4. The van der Waals surface area contributed by atoms with Crippen molar-refractivity contribution in [3.05, 3.63) is 30.3 Å². The summed E-state index contributed by atoms with van der Waals surface area (Å²) in [6.45, 7) is 4.34. The molecule has 1 aliphatic heterocycles. The smallest absolute Gasteiger partial charge is 0.304 e. The Bertz CT molecular complexity index is 679. The quantitative estimate of drug-likeness (QED) is 0.735. The van der Waals surface area contributed by atoms with Gasteiger partial charge < -0.3 is 5.32 Å². The van der Waals surface area contributed by atoms with Crippen LogP contribution in [0.25, 0.3) is 0 Å². The van der Waals surface area contributed by atoms with Gasteiger partial charge in [-0.3, -0.25) is 9.69 Å². The molecule has 1 aromatic rings. The summed E-state index contributed by atoms with van der Waals surface area (Å²) in [5.74, 6) is -0.302. The highest BCUT2D eigenvalue weighted by molar-refractivity contribution is 7.90. The predicted octanol–water partition coefficient (Wildman–Crippen LogP) is 1.29. The van der Waals surface area contributed by atoms with Crippen molar-refractivity contribution in [1.29, 1.82) is 0 Å². The van der Waals surface area contributed by atoms with Crippen LogP contribution >= 0.6 is 0 Å². The van der Waals surface area contributed by atoms with Crippen molar-refractivity contribution in [2.75, 3.05) is 44.6 Å². The van der Waals surface area contributed by atoms with Gasteiger partial charge in [0.1, 0.15) is 6.54 Å². The minimum absolute atomic E-state index is 0.236. The standard InChI is InChI=1S/C18H30N4O3S/c1-16-9-7-8-13-21(16)14-12-19-18(23)15-22(26(24,25)20(2)3)17-10-5-4-6-11-17/h4-6,10-11,16H,7-9,12-15H2,1-3H3,(H,19,23)/t16-/m0/s1. The van der Waals surface area contributed by atoms with Gasteiger partial charge in [-0.1, -0.05) is 24.6 Å². The summed E-state index contributed by atoms with van der Waals surface area (Å²) in [4.78, 5) is 14.7. The van der Waals surface area contributed by atoms with Gasteiger partial charge in [0.2, 0.25) is 5.91 Å². The van der Waals surface area contributed by atoms with E-state index < -0.39 is 10.2 Å². The fourth-order valence-corrected chi connectivity index (χ4v) is 4.18. The van der Waals surface area contributed by atoms with Crippen molar-refractivity contribution in [3.8, 4) is 0 Å². The van der Waals surface area contributed by atoms with E-state index in [1.54, 1.807) is 24.3 Å². The van der Waals surface area contributed by atoms with Gasteiger partial charge in [-0.25, -0.2) is 4.31 Å². The van der Waals surface area contributed by atoms with Crippen LogP contribution in [0.2, 0.25) is 0 Å². The van der Waals surface area contributed by atoms with Crippen molar-refractivity contribution in [2.24, 2.45) is 0 Å². The molecule has 1 fully saturated rings. The topological polar surface area (TPSA) is 73.0 Å². The molecular formula is C18H30N4O3S. The molecule has 2 rings (SSSR count). The van der Waals surface area contributed by atoms with Crippen molar-refractivity contribution >= 4 is 21.8 Å². The summed E-state index contributed by atoms with van der Waals surface area (Å²) in [5.41, 5.74) is 0.473. The van der Waals surface area contributed by atoms with Crippen molar-refractivity contribution in [3.63, 3.8) is 0 Å². The Morgan fingerprint density at radius 1 is 1.23 bits per heavy atom. The number of hydrogen-bond donors (Lipinski definition) is 1. The molecule has 1 heterocycles. The first-order valence-electron chi connectivity index (χ1n) is 9.08. The van der Waals surface area contributed by atoms with Crippen molar-refractivity contribution < 1.29 is 13.2 Å². The van der Waals surface area contributed by atoms with Gasteiger partial charge in [0.25, 0.3) is 0 Å². The second-order valence-corrected chi connectivity index (χ2v) is 8.93. The third-order valence-electron chi connectivity index (χ3n) is 4.73. The average molecular weight is 383 g/mol. The Morgan fingerprint density at radius 3 is 2.54 bits per heavy atom. The monoisotopic (exact) mass is 382 g/mol. The first kappa shape index (κ1) is 20.7. The molecule has 146 valence electrons. The van der Waals surface area contributed by atoms with Crippen LogP contribution < -0.4 is 9.62 Å². The molecular weight excluding hydrogens is 352 g/mol. The second-order valence-electron chi connectivity index (χ2n) is 6.86. The maximum absolute atomic E-state index is 12.6. The number of benzene rings is 1. The van der Waals surface area contributed by atoms with E-state index in [1.807, 2.05) is 6.07 Å². The van der Waals surface area contributed by atoms with Gasteiger partial charge >= 0.3 is 10.2 Å². The Hall–Kier alpha value is -1.64. The van der Waals surface area contributed by atoms with Crippen LogP contribution in [0.1, 0.15) is 26.2 Å². The molecule has 0 saturated carbocycles. The van der Waals surface area contributed by atoms with Gasteiger partial charge in [-0.05, 0) is 38.4 Å². The van der Waals surface area contributed by atoms with Crippen LogP contribution in [0, 0.1) is 0 Å². The first-order chi connectivity index (χ1) is 12.3. The van der Waals surface area contributed by atoms with Gasteiger partial charge in [0, 0.05) is 33.2 Å². The summed E-state index contributed by atoms with van der Waals surface area (Å²) in [7, 11) is -0.827. The van der Waals surface area contributed by atoms with Gasteiger partial charge in [0.15, 0.2) is 0 Å². The van der Waals surface area contributed by atoms with E-state index >= 15 is 0 Å². The molecule has 1 saturated heterocycles. The third kappa shape index (κ3) is 5.43. The number of anilines is 1. The number of para-hydroxylation sites is 1. The van der Waals surface area contributed by atoms with Gasteiger partial charge in [-0.2, -0.15) is 12.7 Å². The molecule has 0 radical (unpaired) electrons. The molecule has 0 aliphatic carbocycles. The lowest BCUT2D eigenvalue weighted by molar-refractivity contribution is -0.119. The van der Waals surface area contributed by atoms with E-state index in [0.717, 1.165) is 21.7 Å². The minimum atomic E-state index is -3.75. The number of nitrogens with one attached hydrogen (secondary N) is 1. The molecule has 0 spiro atoms. The largest absolute Gasteiger partial charge is 0.353 e. The van der Waals surface area contributed by atoms with E-state index in [1.165, 1.54) is 33.4 Å². The van der Waals surface area contributed by atoms with Crippen molar-refractivity contribution in [2.45, 2.75) is 32.2 Å². The molecule has 1 aliphatic rings. The third-order valence-corrected chi connectivity index (χ3v) is 6.55. The van der Waals surface area contributed by atoms with Gasteiger partial charge in [-0.15, -0.1) is 0 Å². The zero-order valence-electron chi connectivity index (χ0n) is 15.9. The Labute approximate surface area is 157 Å². The molecule has 26 heavy (non-hydrogen) atoms. The zero-order valence-corrected chi connectivity index (χ0v) is 16.7. The number of rotatable bonds is 8. The van der Waals surface area contributed by atoms with E-state index in [-0.39, 0.29) is 12.5 Å². The lowest BCUT2D eigenvalue weighted by Gasteiger charge is -2.33. The minimum Gasteiger partial charge on any atom is -0.353 e. The number of carbonyl (C=O) groups excluding carboxylic acids is 1. The summed E-state index contributed by atoms with van der Waals surface area (Å²) in [6.07, 6.45) is 3.65. The lowest BCUT2D eigenvalue weighted by atomic mass is 10.0. The Kier molecular flexibility index (Phi) is 7.43. The highest BCUT2D eigenvalue weighted by Crippen LogP contribution is 2.18. The predicted molar refractivity (Wildman–Crippen MR) is 104 cm³/mol. The number of piperidine rings is 1. The van der Waals surface area contributed by atoms with E-state index in [4.69, 9.17) is 0 Å². The molecule has 1 amide bonds. The second kappa shape index (κ2) is 9.34. The highest BCUT2D eigenvalue weighted by Gasteiger charge is 2.27. The van der Waals surface area contributed by atoms with E-state index in [0.29, 0.717) is 18.3 Å². The highest BCUT2D eigenvalue weighted by atomic mass is 32.2. The maximum atomic E-state index is 12.6. The van der Waals surface area contributed by atoms with Crippen LogP contribution in [-0.4, -0.2) is 69.8 Å². The van der Waals surface area contributed by atoms with Crippen LogP contribution in [0.15, 0.2) is 30.3 Å². The zero-order chi connectivity index (χ0) is 19.2. The molecule has 1 atom stereocenters. The number of carbonyl (C=O) groups is 1. The Balaban J connectivity index is 1.96. The molecule has 0 bridgehead atoms. The van der Waals surface area contributed by atoms with E-state index in [9.17, 15) is 13.2 Å².